The topological polar surface area (TPSA) is 91.8 Å². The molecule has 1 saturated heterocycles. The average molecular weight is 524 g/mol. The lowest BCUT2D eigenvalue weighted by Crippen LogP contribution is -2.55. The highest BCUT2D eigenvalue weighted by molar-refractivity contribution is 6.35. The van der Waals surface area contributed by atoms with E-state index in [-0.39, 0.29) is 17.0 Å². The third-order valence-electron chi connectivity index (χ3n) is 5.21. The van der Waals surface area contributed by atoms with E-state index < -0.39 is 77.7 Å². The van der Waals surface area contributed by atoms with Crippen LogP contribution in [-0.2, 0) is 10.9 Å². The summed E-state index contributed by atoms with van der Waals surface area (Å²) >= 11 is 6.05. The molecule has 13 heteroatoms. The third-order valence-corrected chi connectivity index (χ3v) is 5.52. The number of ether oxygens (including phenoxy) is 1. The van der Waals surface area contributed by atoms with Gasteiger partial charge in [0.2, 0.25) is 0 Å². The molecule has 0 unspecified atom stereocenters. The number of fused-ring (bicyclic) bond motifs is 1. The lowest BCUT2D eigenvalue weighted by atomic mass is 9.98. The van der Waals surface area contributed by atoms with Gasteiger partial charge in [0.15, 0.2) is 0 Å². The van der Waals surface area contributed by atoms with E-state index in [2.05, 4.69) is 10.3 Å². The van der Waals surface area contributed by atoms with Crippen molar-refractivity contribution in [1.29, 1.82) is 0 Å². The van der Waals surface area contributed by atoms with E-state index in [0.29, 0.717) is 6.07 Å². The number of hydrogen-bond donors (Lipinski definition) is 2. The summed E-state index contributed by atoms with van der Waals surface area (Å²) in [4.78, 5) is 30.0. The van der Waals surface area contributed by atoms with Gasteiger partial charge in [0.1, 0.15) is 17.0 Å². The van der Waals surface area contributed by atoms with Gasteiger partial charge in [-0.2, -0.15) is 13.2 Å². The van der Waals surface area contributed by atoms with Gasteiger partial charge in [0.25, 0.3) is 11.8 Å². The van der Waals surface area contributed by atoms with Gasteiger partial charge in [-0.25, -0.2) is 18.6 Å². The van der Waals surface area contributed by atoms with Crippen molar-refractivity contribution in [2.75, 3.05) is 13.1 Å². The number of carbonyl (C=O) groups is 2. The number of amides is 2. The van der Waals surface area contributed by atoms with Crippen molar-refractivity contribution in [3.8, 4) is 5.75 Å². The molecule has 1 aliphatic heterocycles. The molecule has 0 spiro atoms. The minimum absolute atomic E-state index is 0.224. The van der Waals surface area contributed by atoms with E-state index in [1.54, 1.807) is 20.8 Å². The summed E-state index contributed by atoms with van der Waals surface area (Å²) in [6.45, 7) is 4.12. The molecule has 2 N–H and O–H groups in total. The number of nitrogens with one attached hydrogen (secondary N) is 1. The van der Waals surface area contributed by atoms with Crippen LogP contribution in [0.3, 0.4) is 0 Å². The van der Waals surface area contributed by atoms with Crippen molar-refractivity contribution in [3.05, 3.63) is 34.5 Å². The number of alkyl halides is 5. The maximum Gasteiger partial charge on any atom is 0.418 e. The molecule has 2 aromatic rings. The van der Waals surface area contributed by atoms with E-state index in [1.807, 2.05) is 0 Å². The minimum Gasteiger partial charge on any atom is -0.508 e. The standard InChI is InChI=1S/C22H23ClF5N3O4/c1-20(2,3)35-19(34)31-5-4-21(24,25)9-11(31)10-29-18(33)16-8-15(23)13-6-12(32)7-14(17(13)30-16)22(26,27)28/h6-8,11,32H,4-5,9-10H2,1-3H3,(H,29,33)/t11-/m0/s1. The zero-order chi connectivity index (χ0) is 26.3. The van der Waals surface area contributed by atoms with Gasteiger partial charge in [0.05, 0.1) is 22.1 Å². The van der Waals surface area contributed by atoms with Crippen LogP contribution in [0.5, 0.6) is 5.75 Å². The Balaban J connectivity index is 1.86. The number of phenolic OH excluding ortho intramolecular Hbond substituents is 1. The quantitative estimate of drug-likeness (QED) is 0.527. The second-order valence-electron chi connectivity index (χ2n) is 9.22. The number of pyridine rings is 1. The molecule has 1 atom stereocenters. The maximum atomic E-state index is 14.0. The van der Waals surface area contributed by atoms with E-state index in [0.717, 1.165) is 17.0 Å². The third kappa shape index (κ3) is 6.41. The van der Waals surface area contributed by atoms with Gasteiger partial charge < -0.3 is 20.1 Å². The summed E-state index contributed by atoms with van der Waals surface area (Å²) in [5.41, 5.74) is -3.33. The highest BCUT2D eigenvalue weighted by Gasteiger charge is 2.43. The molecule has 0 saturated carbocycles. The normalized spacial score (nSPS) is 18.4. The van der Waals surface area contributed by atoms with Crippen LogP contribution >= 0.6 is 11.6 Å². The van der Waals surface area contributed by atoms with Crippen LogP contribution in [-0.4, -0.2) is 57.6 Å². The first-order chi connectivity index (χ1) is 16.0. The van der Waals surface area contributed by atoms with Crippen LogP contribution in [0, 0.1) is 0 Å². The fourth-order valence-electron chi connectivity index (χ4n) is 3.67. The molecule has 1 aliphatic rings. The highest BCUT2D eigenvalue weighted by Crippen LogP contribution is 2.39. The van der Waals surface area contributed by atoms with Crippen LogP contribution in [0.4, 0.5) is 26.7 Å². The Kier molecular flexibility index (Phi) is 7.09. The molecule has 7 nitrogen and oxygen atoms in total. The Bertz CT molecular complexity index is 1150. The summed E-state index contributed by atoms with van der Waals surface area (Å²) in [6, 6.07) is 1.30. The number of carbonyl (C=O) groups excluding carboxylic acids is 2. The fourth-order valence-corrected chi connectivity index (χ4v) is 3.92. The molecule has 0 radical (unpaired) electrons. The number of piperidine rings is 1. The molecular weight excluding hydrogens is 501 g/mol. The van der Waals surface area contributed by atoms with Crippen LogP contribution in [0.1, 0.15) is 49.7 Å². The van der Waals surface area contributed by atoms with Crippen LogP contribution < -0.4 is 5.32 Å². The average Bonchev–Trinajstić information content (AvgIpc) is 2.69. The molecule has 1 fully saturated rings. The Labute approximate surface area is 202 Å². The largest absolute Gasteiger partial charge is 0.508 e. The second kappa shape index (κ2) is 9.29. The molecule has 2 amide bonds. The highest BCUT2D eigenvalue weighted by atomic mass is 35.5. The summed E-state index contributed by atoms with van der Waals surface area (Å²) in [5.74, 6) is -4.75. The number of likely N-dealkylation sites (tertiary alicyclic amines) is 1. The Morgan fingerprint density at radius 2 is 1.91 bits per heavy atom. The monoisotopic (exact) mass is 523 g/mol. The van der Waals surface area contributed by atoms with E-state index in [4.69, 9.17) is 16.3 Å². The van der Waals surface area contributed by atoms with Crippen molar-refractivity contribution in [2.45, 2.75) is 57.4 Å². The zero-order valence-electron chi connectivity index (χ0n) is 19.0. The molecule has 2 heterocycles. The van der Waals surface area contributed by atoms with Crippen LogP contribution in [0.2, 0.25) is 5.02 Å². The number of nitrogens with zero attached hydrogens (tertiary/aromatic N) is 2. The number of aromatic hydroxyl groups is 1. The molecule has 3 rings (SSSR count). The second-order valence-corrected chi connectivity index (χ2v) is 9.63. The molecular formula is C22H23ClF5N3O4. The zero-order valence-corrected chi connectivity index (χ0v) is 19.7. The Morgan fingerprint density at radius 3 is 2.51 bits per heavy atom. The molecule has 0 bridgehead atoms. The number of benzene rings is 1. The van der Waals surface area contributed by atoms with Crippen molar-refractivity contribution >= 4 is 34.5 Å². The van der Waals surface area contributed by atoms with Crippen LogP contribution in [0.15, 0.2) is 18.2 Å². The lowest BCUT2D eigenvalue weighted by Gasteiger charge is -2.39. The molecule has 35 heavy (non-hydrogen) atoms. The molecule has 1 aromatic carbocycles. The van der Waals surface area contributed by atoms with Gasteiger partial charge in [-0.1, -0.05) is 11.6 Å². The van der Waals surface area contributed by atoms with Crippen LogP contribution in [0.25, 0.3) is 10.9 Å². The van der Waals surface area contributed by atoms with Gasteiger partial charge in [0, 0.05) is 31.3 Å². The Morgan fingerprint density at radius 1 is 1.26 bits per heavy atom. The number of aromatic nitrogens is 1. The van der Waals surface area contributed by atoms with E-state index in [1.165, 1.54) is 0 Å². The summed E-state index contributed by atoms with van der Waals surface area (Å²) < 4.78 is 73.7. The summed E-state index contributed by atoms with van der Waals surface area (Å²) in [6.07, 6.45) is -7.04. The molecule has 0 aliphatic carbocycles. The van der Waals surface area contributed by atoms with E-state index in [9.17, 15) is 36.6 Å². The maximum absolute atomic E-state index is 14.0. The predicted octanol–water partition coefficient (Wildman–Crippen LogP) is 5.38. The number of halogens is 6. The first-order valence-corrected chi connectivity index (χ1v) is 10.9. The van der Waals surface area contributed by atoms with Gasteiger partial charge in [-0.15, -0.1) is 0 Å². The fraction of sp³-hybridized carbons (Fsp3) is 0.500. The number of hydrogen-bond acceptors (Lipinski definition) is 5. The smallest absolute Gasteiger partial charge is 0.418 e. The van der Waals surface area contributed by atoms with Crippen molar-refractivity contribution in [2.24, 2.45) is 0 Å². The van der Waals surface area contributed by atoms with E-state index >= 15 is 0 Å². The first-order valence-electron chi connectivity index (χ1n) is 10.5. The molecule has 192 valence electrons. The molecule has 1 aromatic heterocycles. The SMILES string of the molecule is CC(C)(C)OC(=O)N1CCC(F)(F)C[C@H]1CNC(=O)c1cc(Cl)c2cc(O)cc(C(F)(F)F)c2n1. The number of phenols is 1. The minimum atomic E-state index is -4.90. The van der Waals surface area contributed by atoms with Gasteiger partial charge >= 0.3 is 12.3 Å². The predicted molar refractivity (Wildman–Crippen MR) is 117 cm³/mol. The number of rotatable bonds is 3. The first kappa shape index (κ1) is 26.7. The van der Waals surface area contributed by atoms with Crippen molar-refractivity contribution < 1.29 is 41.4 Å². The summed E-state index contributed by atoms with van der Waals surface area (Å²) in [7, 11) is 0. The lowest BCUT2D eigenvalue weighted by molar-refractivity contribution is -0.136. The Hall–Kier alpha value is -2.89. The summed E-state index contributed by atoms with van der Waals surface area (Å²) in [5, 5.41) is 11.5. The van der Waals surface area contributed by atoms with Crippen molar-refractivity contribution in [1.82, 2.24) is 15.2 Å². The van der Waals surface area contributed by atoms with Crippen molar-refractivity contribution in [3.63, 3.8) is 0 Å². The van der Waals surface area contributed by atoms with Gasteiger partial charge in [-0.05, 0) is 39.0 Å². The van der Waals surface area contributed by atoms with Gasteiger partial charge in [-0.3, -0.25) is 4.79 Å².